The molecule has 0 bridgehead atoms. The van der Waals surface area contributed by atoms with E-state index in [1.165, 1.54) is 12.5 Å². The zero-order chi connectivity index (χ0) is 25.3. The molecule has 0 aliphatic carbocycles. The second-order valence-corrected chi connectivity index (χ2v) is 8.99. The fourth-order valence-electron chi connectivity index (χ4n) is 3.86. The molecule has 1 aliphatic heterocycles. The number of benzene rings is 2. The molecule has 2 amide bonds. The largest absolute Gasteiger partial charge is 0.312 e. The molecule has 1 aliphatic rings. The summed E-state index contributed by atoms with van der Waals surface area (Å²) in [4.78, 5) is 47.9. The lowest BCUT2D eigenvalue weighted by Crippen LogP contribution is -2.24. The molecule has 1 fully saturated rings. The van der Waals surface area contributed by atoms with Crippen molar-refractivity contribution < 1.29 is 19.4 Å². The number of non-ortho nitro benzene ring substituents is 1. The number of amides is 2. The summed E-state index contributed by atoms with van der Waals surface area (Å²) in [6.45, 7) is 3.82. The van der Waals surface area contributed by atoms with Crippen molar-refractivity contribution >= 4 is 45.3 Å². The van der Waals surface area contributed by atoms with Gasteiger partial charge in [-0.05, 0) is 31.0 Å². The van der Waals surface area contributed by atoms with Gasteiger partial charge in [-0.15, -0.1) is 10.2 Å². The Labute approximate surface area is 202 Å². The minimum absolute atomic E-state index is 0.00559. The Morgan fingerprint density at radius 2 is 1.89 bits per heavy atom. The first-order chi connectivity index (χ1) is 16.7. The molecule has 4 rings (SSSR count). The summed E-state index contributed by atoms with van der Waals surface area (Å²) in [6.07, 6.45) is 1.15. The molecule has 0 spiro atoms. The molecule has 1 unspecified atom stereocenters. The van der Waals surface area contributed by atoms with E-state index in [1.807, 2.05) is 24.3 Å². The molecule has 0 radical (unpaired) electrons. The van der Waals surface area contributed by atoms with Crippen LogP contribution in [0.5, 0.6) is 0 Å². The van der Waals surface area contributed by atoms with Gasteiger partial charge < -0.3 is 4.90 Å². The lowest BCUT2D eigenvalue weighted by Gasteiger charge is -2.16. The summed E-state index contributed by atoms with van der Waals surface area (Å²) < 4.78 is 0. The topological polar surface area (TPSA) is 161 Å². The Morgan fingerprint density at radius 3 is 2.51 bits per heavy atom. The molecule has 1 saturated heterocycles. The van der Waals surface area contributed by atoms with Crippen molar-refractivity contribution in [2.24, 2.45) is 0 Å². The number of hydrogen-bond donors (Lipinski definition) is 1. The summed E-state index contributed by atoms with van der Waals surface area (Å²) in [5.41, 5.74) is 0.663. The molecule has 1 N–H and O–H groups in total. The summed E-state index contributed by atoms with van der Waals surface area (Å²) in [6, 6.07) is 9.57. The predicted octanol–water partition coefficient (Wildman–Crippen LogP) is 4.00. The third-order valence-corrected chi connectivity index (χ3v) is 6.81. The molecule has 2 heterocycles. The normalized spacial score (nSPS) is 15.3. The van der Waals surface area contributed by atoms with Gasteiger partial charge in [0.25, 0.3) is 17.3 Å². The lowest BCUT2D eigenvalue weighted by atomic mass is 10.0. The number of carbonyl (C=O) groups excluding carboxylic acids is 2. The van der Waals surface area contributed by atoms with Gasteiger partial charge in [0.15, 0.2) is 0 Å². The maximum absolute atomic E-state index is 12.8. The maximum Gasteiger partial charge on any atom is 0.279 e. The van der Waals surface area contributed by atoms with Gasteiger partial charge in [0, 0.05) is 36.2 Å². The van der Waals surface area contributed by atoms with E-state index in [-0.39, 0.29) is 34.5 Å². The van der Waals surface area contributed by atoms with Crippen LogP contribution in [0.3, 0.4) is 0 Å². The smallest absolute Gasteiger partial charge is 0.279 e. The molecular weight excluding hydrogens is 476 g/mol. The van der Waals surface area contributed by atoms with Gasteiger partial charge in [0.05, 0.1) is 21.5 Å². The van der Waals surface area contributed by atoms with Crippen LogP contribution in [-0.2, 0) is 11.2 Å². The van der Waals surface area contributed by atoms with Crippen LogP contribution in [0.15, 0.2) is 36.4 Å². The van der Waals surface area contributed by atoms with Crippen molar-refractivity contribution in [3.05, 3.63) is 78.3 Å². The van der Waals surface area contributed by atoms with E-state index in [1.54, 1.807) is 4.90 Å². The number of nitrogens with zero attached hydrogens (tertiary/aromatic N) is 5. The molecule has 2 aromatic carbocycles. The molecule has 3 aromatic rings. The lowest BCUT2D eigenvalue weighted by molar-refractivity contribution is -0.394. The Bertz CT molecular complexity index is 1340. The van der Waals surface area contributed by atoms with E-state index >= 15 is 0 Å². The van der Waals surface area contributed by atoms with Crippen molar-refractivity contribution in [1.82, 2.24) is 10.2 Å². The standard InChI is InChI=1S/C22H20N6O6S/c1-3-13-4-6-15(7-5-13)26-11-14(8-19(26)29)21-24-25-22(35-21)23-20(30)17-9-16(27(31)32)10-18(12(17)2)28(33)34/h4-7,9-10,14H,3,8,11H2,1-2H3,(H,23,25,30). The average molecular weight is 497 g/mol. The van der Waals surface area contributed by atoms with Crippen LogP contribution >= 0.6 is 11.3 Å². The van der Waals surface area contributed by atoms with Crippen LogP contribution in [0.25, 0.3) is 0 Å². The SMILES string of the molecule is CCc1ccc(N2CC(c3nnc(NC(=O)c4cc([N+](=O)[O-])cc([N+](=O)[O-])c4C)s3)CC2=O)cc1. The number of hydrogen-bond acceptors (Lipinski definition) is 9. The molecule has 180 valence electrons. The highest BCUT2D eigenvalue weighted by atomic mass is 32.1. The summed E-state index contributed by atoms with van der Waals surface area (Å²) in [7, 11) is 0. The monoisotopic (exact) mass is 496 g/mol. The first-order valence-electron chi connectivity index (χ1n) is 10.7. The van der Waals surface area contributed by atoms with Gasteiger partial charge in [-0.1, -0.05) is 30.4 Å². The van der Waals surface area contributed by atoms with E-state index < -0.39 is 27.1 Å². The number of aromatic nitrogens is 2. The number of nitrogens with one attached hydrogen (secondary N) is 1. The zero-order valence-electron chi connectivity index (χ0n) is 18.8. The van der Waals surface area contributed by atoms with Crippen molar-refractivity contribution in [2.75, 3.05) is 16.8 Å². The Hall–Kier alpha value is -4.26. The second-order valence-electron chi connectivity index (χ2n) is 7.98. The van der Waals surface area contributed by atoms with Crippen molar-refractivity contribution in [3.8, 4) is 0 Å². The van der Waals surface area contributed by atoms with Crippen LogP contribution < -0.4 is 10.2 Å². The van der Waals surface area contributed by atoms with Crippen LogP contribution in [0.4, 0.5) is 22.2 Å². The highest BCUT2D eigenvalue weighted by Gasteiger charge is 2.34. The summed E-state index contributed by atoms with van der Waals surface area (Å²) in [5.74, 6) is -1.03. The van der Waals surface area contributed by atoms with Gasteiger partial charge in [-0.25, -0.2) is 0 Å². The number of anilines is 2. The molecule has 0 saturated carbocycles. The Morgan fingerprint density at radius 1 is 1.17 bits per heavy atom. The number of carbonyl (C=O) groups is 2. The van der Waals surface area contributed by atoms with E-state index in [0.717, 1.165) is 35.6 Å². The van der Waals surface area contributed by atoms with Crippen molar-refractivity contribution in [1.29, 1.82) is 0 Å². The Kier molecular flexibility index (Phi) is 6.51. The van der Waals surface area contributed by atoms with Crippen LogP contribution in [0.2, 0.25) is 0 Å². The molecule has 12 nitrogen and oxygen atoms in total. The Balaban J connectivity index is 1.51. The third-order valence-electron chi connectivity index (χ3n) is 5.81. The minimum Gasteiger partial charge on any atom is -0.312 e. The molecular formula is C22H20N6O6S. The van der Waals surface area contributed by atoms with Crippen molar-refractivity contribution in [2.45, 2.75) is 32.6 Å². The van der Waals surface area contributed by atoms with E-state index in [9.17, 15) is 29.8 Å². The summed E-state index contributed by atoms with van der Waals surface area (Å²) >= 11 is 1.08. The van der Waals surface area contributed by atoms with E-state index in [0.29, 0.717) is 11.6 Å². The number of nitro benzene ring substituents is 2. The molecule has 1 atom stereocenters. The van der Waals surface area contributed by atoms with Gasteiger partial charge in [0.2, 0.25) is 11.0 Å². The van der Waals surface area contributed by atoms with Gasteiger partial charge in [0.1, 0.15) is 5.01 Å². The van der Waals surface area contributed by atoms with Crippen LogP contribution in [-0.4, -0.2) is 38.4 Å². The highest BCUT2D eigenvalue weighted by molar-refractivity contribution is 7.15. The maximum atomic E-state index is 12.8. The molecule has 1 aromatic heterocycles. The number of nitro groups is 2. The van der Waals surface area contributed by atoms with E-state index in [4.69, 9.17) is 0 Å². The fraction of sp³-hybridized carbons (Fsp3) is 0.273. The van der Waals surface area contributed by atoms with Crippen LogP contribution in [0.1, 0.15) is 45.8 Å². The highest BCUT2D eigenvalue weighted by Crippen LogP contribution is 2.35. The van der Waals surface area contributed by atoms with Gasteiger partial charge >= 0.3 is 0 Å². The van der Waals surface area contributed by atoms with Crippen molar-refractivity contribution in [3.63, 3.8) is 0 Å². The second kappa shape index (κ2) is 9.54. The van der Waals surface area contributed by atoms with Gasteiger partial charge in [-0.3, -0.25) is 35.1 Å². The number of aryl methyl sites for hydroxylation is 1. The third kappa shape index (κ3) is 4.84. The average Bonchev–Trinajstić information content (AvgIpc) is 3.45. The quantitative estimate of drug-likeness (QED) is 0.379. The molecule has 35 heavy (non-hydrogen) atoms. The first-order valence-corrected chi connectivity index (χ1v) is 11.5. The minimum atomic E-state index is -0.801. The fourth-order valence-corrected chi connectivity index (χ4v) is 4.69. The predicted molar refractivity (Wildman–Crippen MR) is 128 cm³/mol. The van der Waals surface area contributed by atoms with Crippen LogP contribution in [0, 0.1) is 27.2 Å². The molecule has 13 heteroatoms. The first kappa shape index (κ1) is 23.9. The van der Waals surface area contributed by atoms with Gasteiger partial charge in [-0.2, -0.15) is 0 Å². The number of rotatable bonds is 7. The summed E-state index contributed by atoms with van der Waals surface area (Å²) in [5, 5.41) is 33.7. The zero-order valence-corrected chi connectivity index (χ0v) is 19.6. The van der Waals surface area contributed by atoms with E-state index in [2.05, 4.69) is 22.4 Å².